The van der Waals surface area contributed by atoms with Crippen LogP contribution in [-0.2, 0) is 12.8 Å². The Morgan fingerprint density at radius 3 is 1.82 bits per heavy atom. The van der Waals surface area contributed by atoms with Crippen LogP contribution in [0, 0.1) is 0 Å². The van der Waals surface area contributed by atoms with Gasteiger partial charge in [0.05, 0.1) is 0 Å². The first kappa shape index (κ1) is 15.3. The third-order valence-corrected chi connectivity index (χ3v) is 2.57. The first-order chi connectivity index (χ1) is 10.8. The van der Waals surface area contributed by atoms with Gasteiger partial charge in [0.1, 0.15) is 0 Å². The smallest absolute Gasteiger partial charge is 0.261 e. The first-order valence-electron chi connectivity index (χ1n) is 6.73. The molecule has 22 heavy (non-hydrogen) atoms. The van der Waals surface area contributed by atoms with Gasteiger partial charge in [0.25, 0.3) is 0 Å². The average molecular weight is 296 g/mol. The number of rotatable bonds is 6. The number of hydrogen-bond acceptors (Lipinski definition) is 5. The first-order valence-corrected chi connectivity index (χ1v) is 6.73. The zero-order chi connectivity index (χ0) is 15.5. The Kier molecular flexibility index (Phi) is 6.23. The summed E-state index contributed by atoms with van der Waals surface area (Å²) in [5, 5.41) is 7.58. The summed E-state index contributed by atoms with van der Waals surface area (Å²) in [6, 6.07) is 10.7. The summed E-state index contributed by atoms with van der Waals surface area (Å²) in [5.41, 5.74) is 6.38. The minimum Gasteiger partial charge on any atom is -0.261 e. The van der Waals surface area contributed by atoms with Crippen LogP contribution >= 0.6 is 0 Å². The van der Waals surface area contributed by atoms with Crippen molar-refractivity contribution < 1.29 is 4.79 Å². The topological polar surface area (TPSA) is 91.6 Å². The molecule has 0 aliphatic heterocycles. The molecule has 0 radical (unpaired) electrons. The summed E-state index contributed by atoms with van der Waals surface area (Å²) in [4.78, 5) is 19.7. The molecule has 0 unspecified atom stereocenters. The van der Waals surface area contributed by atoms with Crippen molar-refractivity contribution in [3.63, 3.8) is 0 Å². The number of urea groups is 1. The predicted octanol–water partition coefficient (Wildman–Crippen LogP) is 1.53. The van der Waals surface area contributed by atoms with Crippen LogP contribution in [0.3, 0.4) is 0 Å². The lowest BCUT2D eigenvalue weighted by Gasteiger charge is -1.98. The molecule has 7 nitrogen and oxygen atoms in total. The van der Waals surface area contributed by atoms with Crippen molar-refractivity contribution in [1.29, 1.82) is 0 Å². The molecule has 2 aromatic rings. The van der Waals surface area contributed by atoms with E-state index in [1.807, 2.05) is 36.4 Å². The zero-order valence-corrected chi connectivity index (χ0v) is 11.9. The third kappa shape index (κ3) is 5.91. The van der Waals surface area contributed by atoms with E-state index in [2.05, 4.69) is 31.0 Å². The second kappa shape index (κ2) is 8.96. The number of amides is 2. The molecule has 0 fully saturated rings. The molecule has 0 saturated carbocycles. The third-order valence-electron chi connectivity index (χ3n) is 2.57. The molecule has 2 N–H and O–H groups in total. The Morgan fingerprint density at radius 1 is 0.909 bits per heavy atom. The van der Waals surface area contributed by atoms with Crippen LogP contribution in [0.4, 0.5) is 4.79 Å². The number of carbonyl (C=O) groups is 1. The van der Waals surface area contributed by atoms with Gasteiger partial charge in [0, 0.05) is 49.1 Å². The van der Waals surface area contributed by atoms with Gasteiger partial charge in [-0.1, -0.05) is 12.1 Å². The highest BCUT2D eigenvalue weighted by atomic mass is 16.2. The van der Waals surface area contributed by atoms with E-state index in [1.54, 1.807) is 24.8 Å². The zero-order valence-electron chi connectivity index (χ0n) is 11.9. The quantitative estimate of drug-likeness (QED) is 0.625. The minimum absolute atomic E-state index is 0.505. The molecule has 2 amide bonds. The van der Waals surface area contributed by atoms with Crippen LogP contribution in [0.15, 0.2) is 59.0 Å². The highest BCUT2D eigenvalue weighted by Crippen LogP contribution is 1.92. The van der Waals surface area contributed by atoms with Gasteiger partial charge in [-0.25, -0.2) is 15.6 Å². The van der Waals surface area contributed by atoms with Gasteiger partial charge in [-0.2, -0.15) is 10.2 Å². The summed E-state index contributed by atoms with van der Waals surface area (Å²) in [7, 11) is 0. The normalized spacial score (nSPS) is 10.9. The van der Waals surface area contributed by atoms with E-state index in [0.717, 1.165) is 11.4 Å². The maximum absolute atomic E-state index is 11.4. The number of pyridine rings is 2. The fourth-order valence-electron chi connectivity index (χ4n) is 1.55. The summed E-state index contributed by atoms with van der Waals surface area (Å²) in [5.74, 6) is 0. The molecule has 7 heteroatoms. The van der Waals surface area contributed by atoms with E-state index in [1.165, 1.54) is 0 Å². The highest BCUT2D eigenvalue weighted by Gasteiger charge is 1.94. The Bertz CT molecular complexity index is 571. The molecule has 0 atom stereocenters. The van der Waals surface area contributed by atoms with Gasteiger partial charge in [-0.3, -0.25) is 9.97 Å². The molecule has 0 aliphatic rings. The maximum atomic E-state index is 11.4. The van der Waals surface area contributed by atoms with Crippen LogP contribution < -0.4 is 10.9 Å². The summed E-state index contributed by atoms with van der Waals surface area (Å²) >= 11 is 0. The molecular formula is C15H16N6O. The van der Waals surface area contributed by atoms with Crippen molar-refractivity contribution in [1.82, 2.24) is 20.8 Å². The van der Waals surface area contributed by atoms with Gasteiger partial charge in [0.2, 0.25) is 0 Å². The SMILES string of the molecule is O=C(NN=CCc1ccccn1)NN=CCc1ccccn1. The Labute approximate surface area is 128 Å². The Morgan fingerprint density at radius 2 is 1.41 bits per heavy atom. The van der Waals surface area contributed by atoms with Crippen molar-refractivity contribution in [3.05, 3.63) is 60.2 Å². The number of nitrogens with one attached hydrogen (secondary N) is 2. The van der Waals surface area contributed by atoms with Gasteiger partial charge in [-0.15, -0.1) is 0 Å². The van der Waals surface area contributed by atoms with E-state index in [9.17, 15) is 4.79 Å². The summed E-state index contributed by atoms with van der Waals surface area (Å²) in [6.07, 6.45) is 7.65. The van der Waals surface area contributed by atoms with Gasteiger partial charge in [-0.05, 0) is 24.3 Å². The van der Waals surface area contributed by atoms with Gasteiger partial charge < -0.3 is 0 Å². The molecule has 0 aliphatic carbocycles. The molecule has 2 heterocycles. The van der Waals surface area contributed by atoms with Crippen LogP contribution in [0.2, 0.25) is 0 Å². The predicted molar refractivity (Wildman–Crippen MR) is 84.5 cm³/mol. The van der Waals surface area contributed by atoms with E-state index < -0.39 is 6.03 Å². The maximum Gasteiger partial charge on any atom is 0.355 e. The standard InChI is InChI=1S/C15H16N6O/c22-15(20-18-11-7-13-5-1-3-9-16-13)21-19-12-8-14-6-2-4-10-17-14/h1-6,9-12H,7-8H2,(H2,20,21,22). The molecule has 0 spiro atoms. The average Bonchev–Trinajstić information content (AvgIpc) is 2.57. The van der Waals surface area contributed by atoms with Crippen molar-refractivity contribution in [2.24, 2.45) is 10.2 Å². The van der Waals surface area contributed by atoms with E-state index >= 15 is 0 Å². The number of carbonyl (C=O) groups excluding carboxylic acids is 1. The molecule has 2 rings (SSSR count). The lowest BCUT2D eigenvalue weighted by atomic mass is 10.3. The number of hydrogen-bond donors (Lipinski definition) is 2. The second-order valence-electron chi connectivity index (χ2n) is 4.23. The van der Waals surface area contributed by atoms with Crippen molar-refractivity contribution in [2.45, 2.75) is 12.8 Å². The summed E-state index contributed by atoms with van der Waals surface area (Å²) in [6.45, 7) is 0. The fourth-order valence-corrected chi connectivity index (χ4v) is 1.55. The second-order valence-corrected chi connectivity index (χ2v) is 4.23. The lowest BCUT2D eigenvalue weighted by Crippen LogP contribution is -2.28. The molecular weight excluding hydrogens is 280 g/mol. The van der Waals surface area contributed by atoms with Crippen LogP contribution in [0.25, 0.3) is 0 Å². The van der Waals surface area contributed by atoms with E-state index in [0.29, 0.717) is 12.8 Å². The molecule has 0 bridgehead atoms. The lowest BCUT2D eigenvalue weighted by molar-refractivity contribution is 0.242. The molecule has 0 saturated heterocycles. The monoisotopic (exact) mass is 296 g/mol. The van der Waals surface area contributed by atoms with E-state index in [4.69, 9.17) is 0 Å². The number of aromatic nitrogens is 2. The number of nitrogens with zero attached hydrogens (tertiary/aromatic N) is 4. The van der Waals surface area contributed by atoms with Gasteiger partial charge in [0.15, 0.2) is 0 Å². The van der Waals surface area contributed by atoms with Gasteiger partial charge >= 0.3 is 6.03 Å². The largest absolute Gasteiger partial charge is 0.355 e. The Balaban J connectivity index is 1.63. The van der Waals surface area contributed by atoms with Crippen molar-refractivity contribution >= 4 is 18.5 Å². The van der Waals surface area contributed by atoms with Crippen molar-refractivity contribution in [3.8, 4) is 0 Å². The van der Waals surface area contributed by atoms with E-state index in [-0.39, 0.29) is 0 Å². The van der Waals surface area contributed by atoms with Crippen LogP contribution in [0.5, 0.6) is 0 Å². The fraction of sp³-hybridized carbons (Fsp3) is 0.133. The summed E-state index contributed by atoms with van der Waals surface area (Å²) < 4.78 is 0. The van der Waals surface area contributed by atoms with Crippen molar-refractivity contribution in [2.75, 3.05) is 0 Å². The molecule has 112 valence electrons. The highest BCUT2D eigenvalue weighted by molar-refractivity contribution is 5.76. The molecule has 0 aromatic carbocycles. The molecule has 2 aromatic heterocycles. The van der Waals surface area contributed by atoms with Crippen LogP contribution in [0.1, 0.15) is 11.4 Å². The number of hydrazone groups is 2. The Hall–Kier alpha value is -3.09. The minimum atomic E-state index is -0.505. The van der Waals surface area contributed by atoms with Crippen LogP contribution in [-0.4, -0.2) is 28.4 Å².